The molecule has 0 saturated heterocycles. The summed E-state index contributed by atoms with van der Waals surface area (Å²) in [7, 11) is 0. The van der Waals surface area contributed by atoms with Gasteiger partial charge in [0.2, 0.25) is 0 Å². The minimum absolute atomic E-state index is 0.150. The third-order valence-electron chi connectivity index (χ3n) is 3.83. The molecular weight excluding hydrogens is 238 g/mol. The second kappa shape index (κ2) is 4.94. The smallest absolute Gasteiger partial charge is 0.164 e. The van der Waals surface area contributed by atoms with Crippen LogP contribution in [0.3, 0.4) is 0 Å². The first-order chi connectivity index (χ1) is 8.46. The zero-order valence-electron chi connectivity index (χ0n) is 10.4. The molecule has 1 aliphatic carbocycles. The molecule has 0 bridgehead atoms. The molecule has 100 valence electrons. The van der Waals surface area contributed by atoms with Crippen LogP contribution in [0.4, 0.5) is 8.78 Å². The van der Waals surface area contributed by atoms with E-state index < -0.39 is 23.3 Å². The zero-order valence-corrected chi connectivity index (χ0v) is 10.4. The van der Waals surface area contributed by atoms with Gasteiger partial charge < -0.3 is 10.2 Å². The largest absolute Gasteiger partial charge is 0.387 e. The van der Waals surface area contributed by atoms with E-state index in [-0.39, 0.29) is 11.1 Å². The topological polar surface area (TPSA) is 40.5 Å². The van der Waals surface area contributed by atoms with Gasteiger partial charge in [0.05, 0.1) is 5.60 Å². The summed E-state index contributed by atoms with van der Waals surface area (Å²) in [6.45, 7) is 1.46. The molecule has 1 unspecified atom stereocenters. The molecule has 0 heterocycles. The summed E-state index contributed by atoms with van der Waals surface area (Å²) < 4.78 is 27.3. The Balaban J connectivity index is 2.33. The third-order valence-corrected chi connectivity index (χ3v) is 3.83. The van der Waals surface area contributed by atoms with Crippen molar-refractivity contribution in [2.75, 3.05) is 0 Å². The van der Waals surface area contributed by atoms with Crippen LogP contribution < -0.4 is 0 Å². The lowest BCUT2D eigenvalue weighted by Crippen LogP contribution is -2.38. The molecule has 0 amide bonds. The van der Waals surface area contributed by atoms with E-state index in [0.717, 1.165) is 19.3 Å². The zero-order chi connectivity index (χ0) is 13.3. The average Bonchev–Trinajstić information content (AvgIpc) is 2.36. The third kappa shape index (κ3) is 2.27. The fourth-order valence-corrected chi connectivity index (χ4v) is 2.60. The SMILES string of the molecule is Cc1ccc(C(O)C2(O)CCCCC2)c(F)c1F. The van der Waals surface area contributed by atoms with Crippen LogP contribution in [-0.2, 0) is 0 Å². The van der Waals surface area contributed by atoms with Crippen molar-refractivity contribution in [2.24, 2.45) is 0 Å². The van der Waals surface area contributed by atoms with Crippen molar-refractivity contribution >= 4 is 0 Å². The van der Waals surface area contributed by atoms with E-state index in [1.165, 1.54) is 19.1 Å². The molecule has 0 aliphatic heterocycles. The number of halogens is 2. The molecule has 1 aromatic rings. The fraction of sp³-hybridized carbons (Fsp3) is 0.571. The molecule has 18 heavy (non-hydrogen) atoms. The van der Waals surface area contributed by atoms with Gasteiger partial charge in [0.1, 0.15) is 6.10 Å². The summed E-state index contributed by atoms with van der Waals surface area (Å²) in [6, 6.07) is 2.77. The van der Waals surface area contributed by atoms with E-state index >= 15 is 0 Å². The molecule has 0 radical (unpaired) electrons. The van der Waals surface area contributed by atoms with Gasteiger partial charge in [-0.1, -0.05) is 31.4 Å². The van der Waals surface area contributed by atoms with Gasteiger partial charge in [-0.3, -0.25) is 0 Å². The van der Waals surface area contributed by atoms with Gasteiger partial charge in [0, 0.05) is 5.56 Å². The van der Waals surface area contributed by atoms with Crippen LogP contribution in [0, 0.1) is 18.6 Å². The quantitative estimate of drug-likeness (QED) is 0.854. The fourth-order valence-electron chi connectivity index (χ4n) is 2.60. The first-order valence-electron chi connectivity index (χ1n) is 6.30. The van der Waals surface area contributed by atoms with Crippen LogP contribution >= 0.6 is 0 Å². The lowest BCUT2D eigenvalue weighted by molar-refractivity contribution is -0.100. The van der Waals surface area contributed by atoms with Crippen LogP contribution in [0.1, 0.15) is 49.3 Å². The standard InChI is InChI=1S/C14H18F2O2/c1-9-5-6-10(12(16)11(9)15)13(17)14(18)7-3-2-4-8-14/h5-6,13,17-18H,2-4,7-8H2,1H3. The molecule has 2 N–H and O–H groups in total. The van der Waals surface area contributed by atoms with E-state index in [2.05, 4.69) is 0 Å². The van der Waals surface area contributed by atoms with Gasteiger partial charge in [-0.15, -0.1) is 0 Å². The number of aliphatic hydroxyl groups excluding tert-OH is 1. The molecule has 1 aliphatic rings. The van der Waals surface area contributed by atoms with E-state index in [0.29, 0.717) is 12.8 Å². The highest BCUT2D eigenvalue weighted by atomic mass is 19.2. The maximum Gasteiger partial charge on any atom is 0.164 e. The van der Waals surface area contributed by atoms with Gasteiger partial charge in [-0.2, -0.15) is 0 Å². The number of rotatable bonds is 2. The van der Waals surface area contributed by atoms with Crippen LogP contribution in [0.15, 0.2) is 12.1 Å². The van der Waals surface area contributed by atoms with Gasteiger partial charge in [-0.05, 0) is 25.3 Å². The Morgan fingerprint density at radius 2 is 1.72 bits per heavy atom. The summed E-state index contributed by atoms with van der Waals surface area (Å²) in [5, 5.41) is 20.5. The van der Waals surface area contributed by atoms with Crippen molar-refractivity contribution in [3.8, 4) is 0 Å². The van der Waals surface area contributed by atoms with Gasteiger partial charge in [0.25, 0.3) is 0 Å². The molecule has 4 heteroatoms. The van der Waals surface area contributed by atoms with Crippen molar-refractivity contribution in [1.82, 2.24) is 0 Å². The molecule has 1 saturated carbocycles. The highest BCUT2D eigenvalue weighted by molar-refractivity contribution is 5.28. The lowest BCUT2D eigenvalue weighted by atomic mass is 9.78. The summed E-state index contributed by atoms with van der Waals surface area (Å²) in [6.07, 6.45) is 2.06. The molecule has 2 nitrogen and oxygen atoms in total. The predicted octanol–water partition coefficient (Wildman–Crippen LogP) is 3.00. The summed E-state index contributed by atoms with van der Waals surface area (Å²) in [5.41, 5.74) is -1.29. The van der Waals surface area contributed by atoms with Crippen LogP contribution in [0.5, 0.6) is 0 Å². The molecule has 1 atom stereocenters. The molecule has 0 aromatic heterocycles. The van der Waals surface area contributed by atoms with Crippen molar-refractivity contribution in [3.63, 3.8) is 0 Å². The van der Waals surface area contributed by atoms with Crippen LogP contribution in [0.2, 0.25) is 0 Å². The van der Waals surface area contributed by atoms with Crippen molar-refractivity contribution < 1.29 is 19.0 Å². The Labute approximate surface area is 105 Å². The summed E-state index contributed by atoms with van der Waals surface area (Å²) >= 11 is 0. The van der Waals surface area contributed by atoms with E-state index in [1.54, 1.807) is 0 Å². The number of hydrogen-bond donors (Lipinski definition) is 2. The highest BCUT2D eigenvalue weighted by Crippen LogP contribution is 2.39. The van der Waals surface area contributed by atoms with Crippen molar-refractivity contribution in [3.05, 3.63) is 34.9 Å². The van der Waals surface area contributed by atoms with Gasteiger partial charge in [0.15, 0.2) is 11.6 Å². The van der Waals surface area contributed by atoms with E-state index in [9.17, 15) is 19.0 Å². The summed E-state index contributed by atoms with van der Waals surface area (Å²) in [4.78, 5) is 0. The van der Waals surface area contributed by atoms with Gasteiger partial charge >= 0.3 is 0 Å². The van der Waals surface area contributed by atoms with E-state index in [4.69, 9.17) is 0 Å². The maximum absolute atomic E-state index is 13.8. The van der Waals surface area contributed by atoms with Crippen molar-refractivity contribution in [1.29, 1.82) is 0 Å². The van der Waals surface area contributed by atoms with Crippen LogP contribution in [-0.4, -0.2) is 15.8 Å². The molecule has 1 fully saturated rings. The lowest BCUT2D eigenvalue weighted by Gasteiger charge is -2.36. The Morgan fingerprint density at radius 1 is 1.11 bits per heavy atom. The molecule has 2 rings (SSSR count). The second-order valence-electron chi connectivity index (χ2n) is 5.17. The van der Waals surface area contributed by atoms with Crippen molar-refractivity contribution in [2.45, 2.75) is 50.7 Å². The Kier molecular flexibility index (Phi) is 3.69. The second-order valence-corrected chi connectivity index (χ2v) is 5.17. The Hall–Kier alpha value is -1.00. The minimum Gasteiger partial charge on any atom is -0.387 e. The van der Waals surface area contributed by atoms with Gasteiger partial charge in [-0.25, -0.2) is 8.78 Å². The Bertz CT molecular complexity index is 440. The maximum atomic E-state index is 13.8. The normalized spacial score (nSPS) is 20.7. The number of benzene rings is 1. The summed E-state index contributed by atoms with van der Waals surface area (Å²) in [5.74, 6) is -2.01. The minimum atomic E-state index is -1.37. The van der Waals surface area contributed by atoms with E-state index in [1.807, 2.05) is 0 Å². The average molecular weight is 256 g/mol. The number of hydrogen-bond acceptors (Lipinski definition) is 2. The molecule has 0 spiro atoms. The Morgan fingerprint density at radius 3 is 2.33 bits per heavy atom. The first-order valence-corrected chi connectivity index (χ1v) is 6.30. The highest BCUT2D eigenvalue weighted by Gasteiger charge is 2.39. The number of aliphatic hydroxyl groups is 2. The first kappa shape index (κ1) is 13.4. The molecular formula is C14H18F2O2. The van der Waals surface area contributed by atoms with Crippen LogP contribution in [0.25, 0.3) is 0 Å². The molecule has 1 aromatic carbocycles. The predicted molar refractivity (Wildman–Crippen MR) is 64.1 cm³/mol. The monoisotopic (exact) mass is 256 g/mol. The number of aryl methyl sites for hydroxylation is 1.